The number of aliphatic hydroxyl groups is 1. The number of para-hydroxylation sites is 1. The molecule has 5 nitrogen and oxygen atoms in total. The van der Waals surface area contributed by atoms with Crippen LogP contribution in [-0.2, 0) is 17.8 Å². The summed E-state index contributed by atoms with van der Waals surface area (Å²) in [7, 11) is 1.69. The molecule has 1 aliphatic carbocycles. The predicted octanol–water partition coefficient (Wildman–Crippen LogP) is 3.78. The number of ether oxygens (including phenoxy) is 1. The lowest BCUT2D eigenvalue weighted by Gasteiger charge is -2.36. The molecule has 1 fully saturated rings. The van der Waals surface area contributed by atoms with Crippen molar-refractivity contribution < 1.29 is 14.6 Å². The average molecular weight is 409 g/mol. The molecule has 1 saturated carbocycles. The Kier molecular flexibility index (Phi) is 6.70. The quantitative estimate of drug-likeness (QED) is 0.758. The number of hydrogen-bond donors (Lipinski definition) is 1. The number of rotatable bonds is 7. The standard InChI is InChI=1S/C25H32N2O3/c1-30-23-7-4-5-19(17-23)18-26(21-9-11-22(28)12-10-21)15-14-25(29)27-16-13-20-6-2-3-8-24(20)27/h2-8,17,21-22,28H,9-16,18H2,1H3. The van der Waals surface area contributed by atoms with Gasteiger partial charge in [-0.15, -0.1) is 0 Å². The number of amides is 1. The Bertz CT molecular complexity index is 861. The molecule has 0 unspecified atom stereocenters. The van der Waals surface area contributed by atoms with Crippen LogP contribution in [-0.4, -0.2) is 48.3 Å². The van der Waals surface area contributed by atoms with Gasteiger partial charge in [0.1, 0.15) is 5.75 Å². The van der Waals surface area contributed by atoms with E-state index in [1.807, 2.05) is 29.2 Å². The first-order valence-corrected chi connectivity index (χ1v) is 11.1. The molecule has 0 bridgehead atoms. The fourth-order valence-electron chi connectivity index (χ4n) is 4.79. The van der Waals surface area contributed by atoms with Crippen molar-refractivity contribution in [3.05, 3.63) is 59.7 Å². The molecule has 0 saturated heterocycles. The van der Waals surface area contributed by atoms with Crippen LogP contribution in [0.15, 0.2) is 48.5 Å². The summed E-state index contributed by atoms with van der Waals surface area (Å²) < 4.78 is 5.38. The molecule has 1 amide bonds. The maximum absolute atomic E-state index is 13.0. The van der Waals surface area contributed by atoms with E-state index in [4.69, 9.17) is 4.74 Å². The third-order valence-corrected chi connectivity index (χ3v) is 6.50. The number of hydrogen-bond acceptors (Lipinski definition) is 4. The first-order chi connectivity index (χ1) is 14.6. The minimum Gasteiger partial charge on any atom is -0.497 e. The van der Waals surface area contributed by atoms with Crippen molar-refractivity contribution in [1.29, 1.82) is 0 Å². The molecule has 0 aromatic heterocycles. The molecular formula is C25H32N2O3. The molecule has 1 heterocycles. The number of carbonyl (C=O) groups is 1. The van der Waals surface area contributed by atoms with Crippen molar-refractivity contribution in [3.8, 4) is 5.75 Å². The number of nitrogens with zero attached hydrogens (tertiary/aromatic N) is 2. The average Bonchev–Trinajstić information content (AvgIpc) is 3.21. The van der Waals surface area contributed by atoms with Crippen LogP contribution >= 0.6 is 0 Å². The second-order valence-corrected chi connectivity index (χ2v) is 8.46. The zero-order chi connectivity index (χ0) is 20.9. The van der Waals surface area contributed by atoms with Crippen LogP contribution in [0.3, 0.4) is 0 Å². The van der Waals surface area contributed by atoms with Crippen LogP contribution < -0.4 is 9.64 Å². The minimum atomic E-state index is -0.178. The molecular weight excluding hydrogens is 376 g/mol. The van der Waals surface area contributed by atoms with E-state index < -0.39 is 0 Å². The van der Waals surface area contributed by atoms with E-state index in [0.29, 0.717) is 12.5 Å². The van der Waals surface area contributed by atoms with Crippen LogP contribution in [0.5, 0.6) is 5.75 Å². The highest BCUT2D eigenvalue weighted by atomic mass is 16.5. The second kappa shape index (κ2) is 9.63. The summed E-state index contributed by atoms with van der Waals surface area (Å²) in [6, 6.07) is 16.8. The van der Waals surface area contributed by atoms with Crippen LogP contribution in [0, 0.1) is 0 Å². The number of carbonyl (C=O) groups excluding carboxylic acids is 1. The highest BCUT2D eigenvalue weighted by Crippen LogP contribution is 2.29. The molecule has 2 aromatic carbocycles. The topological polar surface area (TPSA) is 53.0 Å². The molecule has 160 valence electrons. The normalized spacial score (nSPS) is 21.0. The molecule has 0 spiro atoms. The fourth-order valence-corrected chi connectivity index (χ4v) is 4.79. The molecule has 30 heavy (non-hydrogen) atoms. The molecule has 0 radical (unpaired) electrons. The summed E-state index contributed by atoms with van der Waals surface area (Å²) in [6.07, 6.45) is 4.91. The van der Waals surface area contributed by atoms with Crippen molar-refractivity contribution in [1.82, 2.24) is 4.90 Å². The van der Waals surface area contributed by atoms with E-state index in [-0.39, 0.29) is 12.0 Å². The minimum absolute atomic E-state index is 0.178. The molecule has 0 atom stereocenters. The van der Waals surface area contributed by atoms with Crippen molar-refractivity contribution in [2.75, 3.05) is 25.1 Å². The lowest BCUT2D eigenvalue weighted by Crippen LogP contribution is -2.41. The Balaban J connectivity index is 1.43. The van der Waals surface area contributed by atoms with Crippen LogP contribution in [0.2, 0.25) is 0 Å². The molecule has 1 N–H and O–H groups in total. The van der Waals surface area contributed by atoms with Crippen LogP contribution in [0.1, 0.15) is 43.2 Å². The van der Waals surface area contributed by atoms with Gasteiger partial charge in [0.05, 0.1) is 13.2 Å². The number of methoxy groups -OCH3 is 1. The largest absolute Gasteiger partial charge is 0.497 e. The van der Waals surface area contributed by atoms with Gasteiger partial charge in [-0.25, -0.2) is 0 Å². The van der Waals surface area contributed by atoms with Crippen molar-refractivity contribution in [2.24, 2.45) is 0 Å². The Morgan fingerprint density at radius 2 is 1.93 bits per heavy atom. The van der Waals surface area contributed by atoms with E-state index in [2.05, 4.69) is 29.2 Å². The summed E-state index contributed by atoms with van der Waals surface area (Å²) in [5, 5.41) is 9.93. The zero-order valence-corrected chi connectivity index (χ0v) is 17.8. The molecule has 2 aromatic rings. The summed E-state index contributed by atoms with van der Waals surface area (Å²) in [4.78, 5) is 17.4. The van der Waals surface area contributed by atoms with E-state index in [1.54, 1.807) is 7.11 Å². The molecule has 2 aliphatic rings. The number of benzene rings is 2. The Hall–Kier alpha value is -2.37. The van der Waals surface area contributed by atoms with Gasteiger partial charge in [0.2, 0.25) is 5.91 Å². The Labute approximate surface area is 179 Å². The van der Waals surface area contributed by atoms with Crippen molar-refractivity contribution in [2.45, 2.75) is 57.2 Å². The second-order valence-electron chi connectivity index (χ2n) is 8.46. The summed E-state index contributed by atoms with van der Waals surface area (Å²) in [5.74, 6) is 1.06. The highest BCUT2D eigenvalue weighted by Gasteiger charge is 2.28. The number of aliphatic hydroxyl groups excluding tert-OH is 1. The molecule has 1 aliphatic heterocycles. The lowest BCUT2D eigenvalue weighted by molar-refractivity contribution is -0.119. The van der Waals surface area contributed by atoms with E-state index in [0.717, 1.165) is 63.2 Å². The van der Waals surface area contributed by atoms with E-state index in [1.165, 1.54) is 11.1 Å². The highest BCUT2D eigenvalue weighted by molar-refractivity contribution is 5.95. The smallest absolute Gasteiger partial charge is 0.228 e. The third-order valence-electron chi connectivity index (χ3n) is 6.50. The molecule has 5 heteroatoms. The summed E-state index contributed by atoms with van der Waals surface area (Å²) >= 11 is 0. The lowest BCUT2D eigenvalue weighted by atomic mass is 9.91. The third kappa shape index (κ3) is 4.85. The van der Waals surface area contributed by atoms with Gasteiger partial charge in [-0.3, -0.25) is 9.69 Å². The SMILES string of the molecule is COc1cccc(CN(CCC(=O)N2CCc3ccccc32)C2CCC(O)CC2)c1. The van der Waals surface area contributed by atoms with E-state index >= 15 is 0 Å². The van der Waals surface area contributed by atoms with Gasteiger partial charge < -0.3 is 14.7 Å². The number of anilines is 1. The number of fused-ring (bicyclic) bond motifs is 1. The van der Waals surface area contributed by atoms with Crippen LogP contribution in [0.4, 0.5) is 5.69 Å². The van der Waals surface area contributed by atoms with E-state index in [9.17, 15) is 9.90 Å². The van der Waals surface area contributed by atoms with Gasteiger partial charge >= 0.3 is 0 Å². The fraction of sp³-hybridized carbons (Fsp3) is 0.480. The summed E-state index contributed by atoms with van der Waals surface area (Å²) in [5.41, 5.74) is 3.53. The monoisotopic (exact) mass is 408 g/mol. The van der Waals surface area contributed by atoms with Gasteiger partial charge in [-0.1, -0.05) is 30.3 Å². The maximum Gasteiger partial charge on any atom is 0.228 e. The van der Waals surface area contributed by atoms with Crippen molar-refractivity contribution in [3.63, 3.8) is 0 Å². The van der Waals surface area contributed by atoms with Gasteiger partial charge in [0.25, 0.3) is 0 Å². The first kappa shape index (κ1) is 20.9. The van der Waals surface area contributed by atoms with Gasteiger partial charge in [0, 0.05) is 37.8 Å². The van der Waals surface area contributed by atoms with Gasteiger partial charge in [0.15, 0.2) is 0 Å². The Morgan fingerprint density at radius 3 is 2.73 bits per heavy atom. The first-order valence-electron chi connectivity index (χ1n) is 11.1. The van der Waals surface area contributed by atoms with Gasteiger partial charge in [-0.05, 0) is 61.4 Å². The predicted molar refractivity (Wildman–Crippen MR) is 119 cm³/mol. The maximum atomic E-state index is 13.0. The zero-order valence-electron chi connectivity index (χ0n) is 17.8. The summed E-state index contributed by atoms with van der Waals surface area (Å²) in [6.45, 7) is 2.31. The molecule has 4 rings (SSSR count). The van der Waals surface area contributed by atoms with Crippen LogP contribution in [0.25, 0.3) is 0 Å². The van der Waals surface area contributed by atoms with Gasteiger partial charge in [-0.2, -0.15) is 0 Å². The van der Waals surface area contributed by atoms with Crippen molar-refractivity contribution >= 4 is 11.6 Å². The Morgan fingerprint density at radius 1 is 1.13 bits per heavy atom.